The Balaban J connectivity index is 2.68. The highest BCUT2D eigenvalue weighted by Crippen LogP contribution is 2.17. The average Bonchev–Trinajstić information content (AvgIpc) is 2.59. The quantitative estimate of drug-likeness (QED) is 0.857. The highest BCUT2D eigenvalue weighted by atomic mass is 32.1. The molecule has 1 rings (SSSR count). The van der Waals surface area contributed by atoms with Gasteiger partial charge in [0.1, 0.15) is 6.04 Å². The zero-order valence-electron chi connectivity index (χ0n) is 10.4. The standard InChI is InChI=1S/C11H17N3O2S/c1-6(2)9(13-8(4)15)10(16)14-11-12-5-7(3)17-11/h5-6,9H,1-4H3,(H,13,15)(H,12,14,16)/t9-/m0/s1. The number of nitrogens with zero attached hydrogens (tertiary/aromatic N) is 1. The molecule has 0 aliphatic carbocycles. The van der Waals surface area contributed by atoms with Crippen molar-refractivity contribution >= 4 is 28.3 Å². The van der Waals surface area contributed by atoms with Gasteiger partial charge in [0, 0.05) is 18.0 Å². The van der Waals surface area contributed by atoms with Crippen molar-refractivity contribution in [2.24, 2.45) is 5.92 Å². The van der Waals surface area contributed by atoms with Gasteiger partial charge in [-0.05, 0) is 12.8 Å². The number of rotatable bonds is 4. The molecule has 5 nitrogen and oxygen atoms in total. The number of aryl methyl sites for hydroxylation is 1. The van der Waals surface area contributed by atoms with Crippen molar-refractivity contribution < 1.29 is 9.59 Å². The van der Waals surface area contributed by atoms with E-state index in [-0.39, 0.29) is 17.7 Å². The van der Waals surface area contributed by atoms with E-state index in [1.54, 1.807) is 6.20 Å². The third-order valence-corrected chi connectivity index (χ3v) is 2.99. The zero-order chi connectivity index (χ0) is 13.0. The Hall–Kier alpha value is -1.43. The summed E-state index contributed by atoms with van der Waals surface area (Å²) in [5.74, 6) is -0.418. The molecule has 0 fully saturated rings. The predicted molar refractivity (Wildman–Crippen MR) is 67.9 cm³/mol. The van der Waals surface area contributed by atoms with Gasteiger partial charge in [0.25, 0.3) is 0 Å². The fourth-order valence-electron chi connectivity index (χ4n) is 1.35. The van der Waals surface area contributed by atoms with Crippen LogP contribution in [0.25, 0.3) is 0 Å². The molecule has 2 N–H and O–H groups in total. The first kappa shape index (κ1) is 13.6. The summed E-state index contributed by atoms with van der Waals surface area (Å²) in [5.41, 5.74) is 0. The molecule has 0 aliphatic heterocycles. The minimum Gasteiger partial charge on any atom is -0.344 e. The molecule has 94 valence electrons. The van der Waals surface area contributed by atoms with E-state index in [1.165, 1.54) is 18.3 Å². The van der Waals surface area contributed by atoms with Crippen molar-refractivity contribution in [2.45, 2.75) is 33.7 Å². The van der Waals surface area contributed by atoms with Crippen molar-refractivity contribution in [3.63, 3.8) is 0 Å². The summed E-state index contributed by atoms with van der Waals surface area (Å²) < 4.78 is 0. The van der Waals surface area contributed by atoms with Gasteiger partial charge in [-0.2, -0.15) is 0 Å². The zero-order valence-corrected chi connectivity index (χ0v) is 11.2. The van der Waals surface area contributed by atoms with E-state index in [4.69, 9.17) is 0 Å². The third kappa shape index (κ3) is 4.14. The number of hydrogen-bond acceptors (Lipinski definition) is 4. The molecule has 0 bridgehead atoms. The Morgan fingerprint density at radius 3 is 2.47 bits per heavy atom. The van der Waals surface area contributed by atoms with Crippen LogP contribution in [0.5, 0.6) is 0 Å². The van der Waals surface area contributed by atoms with Crippen LogP contribution in [0.4, 0.5) is 5.13 Å². The van der Waals surface area contributed by atoms with Crippen molar-refractivity contribution in [2.75, 3.05) is 5.32 Å². The highest BCUT2D eigenvalue weighted by molar-refractivity contribution is 7.15. The summed E-state index contributed by atoms with van der Waals surface area (Å²) in [5, 5.41) is 5.89. The summed E-state index contributed by atoms with van der Waals surface area (Å²) in [6.45, 7) is 7.08. The number of carbonyl (C=O) groups excluding carboxylic acids is 2. The molecule has 1 aromatic rings. The summed E-state index contributed by atoms with van der Waals surface area (Å²) in [6, 6.07) is -0.531. The lowest BCUT2D eigenvalue weighted by Crippen LogP contribution is -2.46. The van der Waals surface area contributed by atoms with E-state index in [9.17, 15) is 9.59 Å². The minimum absolute atomic E-state index is 0.0277. The lowest BCUT2D eigenvalue weighted by molar-refractivity contribution is -0.126. The molecule has 0 unspecified atom stereocenters. The first-order valence-corrected chi connectivity index (χ1v) is 6.22. The molecular weight excluding hydrogens is 238 g/mol. The molecule has 17 heavy (non-hydrogen) atoms. The monoisotopic (exact) mass is 255 g/mol. The van der Waals surface area contributed by atoms with Crippen molar-refractivity contribution in [1.82, 2.24) is 10.3 Å². The minimum atomic E-state index is -0.531. The Kier molecular flexibility index (Phi) is 4.62. The summed E-state index contributed by atoms with van der Waals surface area (Å²) in [6.07, 6.45) is 1.70. The number of amides is 2. The van der Waals surface area contributed by atoms with E-state index in [0.29, 0.717) is 5.13 Å². The van der Waals surface area contributed by atoms with Crippen LogP contribution in [0.3, 0.4) is 0 Å². The van der Waals surface area contributed by atoms with Gasteiger partial charge >= 0.3 is 0 Å². The smallest absolute Gasteiger partial charge is 0.248 e. The fraction of sp³-hybridized carbons (Fsp3) is 0.545. The second-order valence-electron chi connectivity index (χ2n) is 4.19. The highest BCUT2D eigenvalue weighted by Gasteiger charge is 2.23. The van der Waals surface area contributed by atoms with Crippen molar-refractivity contribution in [3.8, 4) is 0 Å². The second-order valence-corrected chi connectivity index (χ2v) is 5.42. The largest absolute Gasteiger partial charge is 0.344 e. The molecule has 0 saturated heterocycles. The van der Waals surface area contributed by atoms with Gasteiger partial charge in [0.2, 0.25) is 11.8 Å². The maximum atomic E-state index is 11.9. The molecule has 0 radical (unpaired) electrons. The number of aromatic nitrogens is 1. The van der Waals surface area contributed by atoms with E-state index >= 15 is 0 Å². The molecule has 0 aliphatic rings. The van der Waals surface area contributed by atoms with Gasteiger partial charge < -0.3 is 10.6 Å². The molecule has 6 heteroatoms. The van der Waals surface area contributed by atoms with Crippen LogP contribution in [0.1, 0.15) is 25.6 Å². The van der Waals surface area contributed by atoms with Gasteiger partial charge in [-0.1, -0.05) is 13.8 Å². The van der Waals surface area contributed by atoms with Crippen LogP contribution in [-0.4, -0.2) is 22.8 Å². The number of thiazole rings is 1. The molecule has 0 saturated carbocycles. The van der Waals surface area contributed by atoms with Crippen LogP contribution in [-0.2, 0) is 9.59 Å². The summed E-state index contributed by atoms with van der Waals surface area (Å²) >= 11 is 1.41. The molecule has 1 aromatic heterocycles. The van der Waals surface area contributed by atoms with E-state index < -0.39 is 6.04 Å². The summed E-state index contributed by atoms with van der Waals surface area (Å²) in [4.78, 5) is 28.0. The summed E-state index contributed by atoms with van der Waals surface area (Å²) in [7, 11) is 0. The number of nitrogens with one attached hydrogen (secondary N) is 2. The molecule has 1 atom stereocenters. The molecule has 0 aromatic carbocycles. The number of anilines is 1. The number of carbonyl (C=O) groups is 2. The van der Waals surface area contributed by atoms with Crippen LogP contribution in [0, 0.1) is 12.8 Å². The van der Waals surface area contributed by atoms with Gasteiger partial charge in [-0.25, -0.2) is 4.98 Å². The van der Waals surface area contributed by atoms with Gasteiger partial charge in [0.15, 0.2) is 5.13 Å². The molecule has 1 heterocycles. The lowest BCUT2D eigenvalue weighted by atomic mass is 10.0. The first-order valence-electron chi connectivity index (χ1n) is 5.40. The first-order chi connectivity index (χ1) is 7.90. The Morgan fingerprint density at radius 1 is 1.41 bits per heavy atom. The third-order valence-electron chi connectivity index (χ3n) is 2.16. The maximum absolute atomic E-state index is 11.9. The van der Waals surface area contributed by atoms with Crippen molar-refractivity contribution in [1.29, 1.82) is 0 Å². The molecule has 2 amide bonds. The van der Waals surface area contributed by atoms with Gasteiger partial charge in [0.05, 0.1) is 0 Å². The van der Waals surface area contributed by atoms with Gasteiger partial charge in [-0.15, -0.1) is 11.3 Å². The Labute approximate surface area is 105 Å². The van der Waals surface area contributed by atoms with E-state index in [1.807, 2.05) is 20.8 Å². The average molecular weight is 255 g/mol. The van der Waals surface area contributed by atoms with Crippen LogP contribution < -0.4 is 10.6 Å². The van der Waals surface area contributed by atoms with Crippen LogP contribution in [0.2, 0.25) is 0 Å². The lowest BCUT2D eigenvalue weighted by Gasteiger charge is -2.19. The SMILES string of the molecule is CC(=O)N[C@H](C(=O)Nc1ncc(C)s1)C(C)C. The fourth-order valence-corrected chi connectivity index (χ4v) is 2.02. The maximum Gasteiger partial charge on any atom is 0.248 e. The van der Waals surface area contributed by atoms with Crippen molar-refractivity contribution in [3.05, 3.63) is 11.1 Å². The Morgan fingerprint density at radius 2 is 2.06 bits per heavy atom. The second kappa shape index (κ2) is 5.77. The van der Waals surface area contributed by atoms with Crippen LogP contribution >= 0.6 is 11.3 Å². The van der Waals surface area contributed by atoms with E-state index in [0.717, 1.165) is 4.88 Å². The van der Waals surface area contributed by atoms with Gasteiger partial charge in [-0.3, -0.25) is 9.59 Å². The number of hydrogen-bond donors (Lipinski definition) is 2. The topological polar surface area (TPSA) is 71.1 Å². The molecule has 0 spiro atoms. The Bertz CT molecular complexity index is 415. The van der Waals surface area contributed by atoms with Crippen LogP contribution in [0.15, 0.2) is 6.20 Å². The predicted octanol–water partition coefficient (Wildman–Crippen LogP) is 1.55. The van der Waals surface area contributed by atoms with E-state index in [2.05, 4.69) is 15.6 Å². The molecular formula is C11H17N3O2S. The normalized spacial score (nSPS) is 12.3.